The molecule has 2 aromatic rings. The summed E-state index contributed by atoms with van der Waals surface area (Å²) < 4.78 is 4.97. The average Bonchev–Trinajstić information content (AvgIpc) is 2.84. The molecule has 2 heterocycles. The van der Waals surface area contributed by atoms with Crippen LogP contribution in [0.3, 0.4) is 0 Å². The summed E-state index contributed by atoms with van der Waals surface area (Å²) in [6, 6.07) is -0.0311. The first-order chi connectivity index (χ1) is 7.22. The van der Waals surface area contributed by atoms with Gasteiger partial charge < -0.3 is 10.3 Å². The SMILES string of the molecule is CCC(N)c1nnc(-c2cnoc2C)s1. The van der Waals surface area contributed by atoms with Gasteiger partial charge >= 0.3 is 0 Å². The molecular weight excluding hydrogens is 212 g/mol. The second-order valence-electron chi connectivity index (χ2n) is 3.26. The van der Waals surface area contributed by atoms with E-state index >= 15 is 0 Å². The maximum atomic E-state index is 5.87. The van der Waals surface area contributed by atoms with E-state index < -0.39 is 0 Å². The molecule has 80 valence electrons. The van der Waals surface area contributed by atoms with Gasteiger partial charge in [-0.05, 0) is 13.3 Å². The van der Waals surface area contributed by atoms with Gasteiger partial charge in [0, 0.05) is 0 Å². The maximum Gasteiger partial charge on any atom is 0.153 e. The van der Waals surface area contributed by atoms with E-state index in [0.29, 0.717) is 0 Å². The van der Waals surface area contributed by atoms with E-state index in [1.807, 2.05) is 13.8 Å². The first-order valence-electron chi connectivity index (χ1n) is 4.73. The minimum atomic E-state index is -0.0311. The van der Waals surface area contributed by atoms with Crippen LogP contribution < -0.4 is 5.73 Å². The van der Waals surface area contributed by atoms with Crippen LogP contribution in [0.5, 0.6) is 0 Å². The molecule has 0 spiro atoms. The number of nitrogens with zero attached hydrogens (tertiary/aromatic N) is 3. The molecule has 0 fully saturated rings. The molecule has 2 N–H and O–H groups in total. The predicted molar refractivity (Wildman–Crippen MR) is 57.4 cm³/mol. The number of hydrogen-bond acceptors (Lipinski definition) is 6. The third-order valence-electron chi connectivity index (χ3n) is 2.18. The van der Waals surface area contributed by atoms with Crippen molar-refractivity contribution in [3.05, 3.63) is 17.0 Å². The Morgan fingerprint density at radius 1 is 1.53 bits per heavy atom. The lowest BCUT2D eigenvalue weighted by Gasteiger charge is -2.00. The fraction of sp³-hybridized carbons (Fsp3) is 0.444. The fourth-order valence-electron chi connectivity index (χ4n) is 1.17. The van der Waals surface area contributed by atoms with Crippen molar-refractivity contribution < 1.29 is 4.52 Å². The van der Waals surface area contributed by atoms with Crippen LogP contribution in [0.4, 0.5) is 0 Å². The minimum absolute atomic E-state index is 0.0311. The summed E-state index contributed by atoms with van der Waals surface area (Å²) >= 11 is 1.49. The van der Waals surface area contributed by atoms with Gasteiger partial charge in [0.15, 0.2) is 5.01 Å². The highest BCUT2D eigenvalue weighted by atomic mass is 32.1. The predicted octanol–water partition coefficient (Wildman–Crippen LogP) is 1.91. The van der Waals surface area contributed by atoms with Crippen LogP contribution in [-0.2, 0) is 0 Å². The second-order valence-corrected chi connectivity index (χ2v) is 4.26. The highest BCUT2D eigenvalue weighted by Gasteiger charge is 2.14. The third-order valence-corrected chi connectivity index (χ3v) is 3.27. The Bertz CT molecular complexity index is 450. The van der Waals surface area contributed by atoms with Gasteiger partial charge in [0.25, 0.3) is 0 Å². The van der Waals surface area contributed by atoms with Gasteiger partial charge in [0.05, 0.1) is 17.8 Å². The van der Waals surface area contributed by atoms with E-state index in [0.717, 1.165) is 27.8 Å². The Morgan fingerprint density at radius 2 is 2.33 bits per heavy atom. The highest BCUT2D eigenvalue weighted by Crippen LogP contribution is 2.28. The summed E-state index contributed by atoms with van der Waals surface area (Å²) in [5.74, 6) is 0.753. The molecule has 0 bridgehead atoms. The molecule has 1 unspecified atom stereocenters. The average molecular weight is 224 g/mol. The fourth-order valence-corrected chi connectivity index (χ4v) is 2.16. The molecule has 0 aliphatic rings. The second kappa shape index (κ2) is 4.08. The Kier molecular flexibility index (Phi) is 2.79. The van der Waals surface area contributed by atoms with E-state index in [9.17, 15) is 0 Å². The molecule has 1 atom stereocenters. The molecular formula is C9H12N4OS. The minimum Gasteiger partial charge on any atom is -0.361 e. The zero-order chi connectivity index (χ0) is 10.8. The Balaban J connectivity index is 2.32. The summed E-state index contributed by atoms with van der Waals surface area (Å²) in [6.45, 7) is 3.87. The molecule has 0 aromatic carbocycles. The summed E-state index contributed by atoms with van der Waals surface area (Å²) in [7, 11) is 0. The molecule has 0 saturated carbocycles. The van der Waals surface area contributed by atoms with Crippen molar-refractivity contribution in [2.75, 3.05) is 0 Å². The van der Waals surface area contributed by atoms with Crippen molar-refractivity contribution in [3.8, 4) is 10.6 Å². The molecule has 6 heteroatoms. The standard InChI is InChI=1S/C9H12N4OS/c1-3-7(10)9-13-12-8(15-9)6-4-11-14-5(6)2/h4,7H,3,10H2,1-2H3. The van der Waals surface area contributed by atoms with Gasteiger partial charge in [-0.25, -0.2) is 0 Å². The lowest BCUT2D eigenvalue weighted by molar-refractivity contribution is 0.398. The first-order valence-corrected chi connectivity index (χ1v) is 5.54. The number of rotatable bonds is 3. The molecule has 0 amide bonds. The summed E-state index contributed by atoms with van der Waals surface area (Å²) in [5.41, 5.74) is 6.76. The number of nitrogens with two attached hydrogens (primary N) is 1. The van der Waals surface area contributed by atoms with Crippen molar-refractivity contribution in [3.63, 3.8) is 0 Å². The van der Waals surface area contributed by atoms with E-state index in [2.05, 4.69) is 15.4 Å². The topological polar surface area (TPSA) is 77.8 Å². The highest BCUT2D eigenvalue weighted by molar-refractivity contribution is 7.14. The molecule has 0 aliphatic carbocycles. The van der Waals surface area contributed by atoms with Crippen molar-refractivity contribution in [2.24, 2.45) is 5.73 Å². The van der Waals surface area contributed by atoms with Gasteiger partial charge in [-0.1, -0.05) is 23.4 Å². The molecule has 0 radical (unpaired) electrons. The third kappa shape index (κ3) is 1.91. The Labute approximate surface area is 91.3 Å². The number of aromatic nitrogens is 3. The summed E-state index contributed by atoms with van der Waals surface area (Å²) in [4.78, 5) is 0. The molecule has 2 aromatic heterocycles. The summed E-state index contributed by atoms with van der Waals surface area (Å²) in [5, 5.41) is 13.5. The van der Waals surface area contributed by atoms with E-state index in [1.54, 1.807) is 6.20 Å². The van der Waals surface area contributed by atoms with Crippen molar-refractivity contribution >= 4 is 11.3 Å². The lowest BCUT2D eigenvalue weighted by atomic mass is 10.3. The molecule has 0 aliphatic heterocycles. The zero-order valence-electron chi connectivity index (χ0n) is 8.60. The van der Waals surface area contributed by atoms with Gasteiger partial charge in [-0.3, -0.25) is 0 Å². The van der Waals surface area contributed by atoms with Crippen molar-refractivity contribution in [1.29, 1.82) is 0 Å². The van der Waals surface area contributed by atoms with Crippen LogP contribution >= 0.6 is 11.3 Å². The van der Waals surface area contributed by atoms with E-state index in [-0.39, 0.29) is 6.04 Å². The number of hydrogen-bond donors (Lipinski definition) is 1. The Morgan fingerprint density at radius 3 is 2.93 bits per heavy atom. The smallest absolute Gasteiger partial charge is 0.153 e. The van der Waals surface area contributed by atoms with Crippen molar-refractivity contribution in [2.45, 2.75) is 26.3 Å². The zero-order valence-corrected chi connectivity index (χ0v) is 9.41. The molecule has 15 heavy (non-hydrogen) atoms. The maximum absolute atomic E-state index is 5.87. The van der Waals surface area contributed by atoms with Gasteiger partial charge in [-0.2, -0.15) is 0 Å². The van der Waals surface area contributed by atoms with Gasteiger partial charge in [-0.15, -0.1) is 10.2 Å². The monoisotopic (exact) mass is 224 g/mol. The lowest BCUT2D eigenvalue weighted by Crippen LogP contribution is -2.07. The Hall–Kier alpha value is -1.27. The van der Waals surface area contributed by atoms with Gasteiger partial charge in [0.1, 0.15) is 10.8 Å². The molecule has 0 saturated heterocycles. The van der Waals surface area contributed by atoms with Crippen LogP contribution in [0.25, 0.3) is 10.6 Å². The number of aryl methyl sites for hydroxylation is 1. The van der Waals surface area contributed by atoms with Crippen LogP contribution in [0.2, 0.25) is 0 Å². The van der Waals surface area contributed by atoms with Crippen LogP contribution in [0, 0.1) is 6.92 Å². The quantitative estimate of drug-likeness (QED) is 0.861. The normalized spacial score (nSPS) is 13.0. The van der Waals surface area contributed by atoms with Crippen molar-refractivity contribution in [1.82, 2.24) is 15.4 Å². The van der Waals surface area contributed by atoms with Crippen LogP contribution in [0.15, 0.2) is 10.7 Å². The van der Waals surface area contributed by atoms with Crippen LogP contribution in [-0.4, -0.2) is 15.4 Å². The largest absolute Gasteiger partial charge is 0.361 e. The molecule has 5 nitrogen and oxygen atoms in total. The van der Waals surface area contributed by atoms with E-state index in [1.165, 1.54) is 11.3 Å². The van der Waals surface area contributed by atoms with Crippen LogP contribution in [0.1, 0.15) is 30.2 Å². The molecule has 2 rings (SSSR count). The van der Waals surface area contributed by atoms with E-state index in [4.69, 9.17) is 10.3 Å². The first kappa shape index (κ1) is 10.3. The summed E-state index contributed by atoms with van der Waals surface area (Å²) in [6.07, 6.45) is 2.51. The van der Waals surface area contributed by atoms with Gasteiger partial charge in [0.2, 0.25) is 0 Å².